The maximum Gasteiger partial charge on any atom is 0.471 e. The van der Waals surface area contributed by atoms with Gasteiger partial charge in [0.15, 0.2) is 5.75 Å². The third kappa shape index (κ3) is 6.13. The van der Waals surface area contributed by atoms with E-state index >= 15 is 0 Å². The second-order valence-electron chi connectivity index (χ2n) is 7.84. The van der Waals surface area contributed by atoms with Crippen molar-refractivity contribution in [2.45, 2.75) is 58.0 Å². The summed E-state index contributed by atoms with van der Waals surface area (Å²) in [6, 6.07) is 0.647. The van der Waals surface area contributed by atoms with Crippen LogP contribution in [-0.4, -0.2) is 62.8 Å². The van der Waals surface area contributed by atoms with Crippen LogP contribution in [0, 0.1) is 0 Å². The molecule has 1 saturated heterocycles. The van der Waals surface area contributed by atoms with Crippen LogP contribution < -0.4 is 5.43 Å². The molecule has 2 N–H and O–H groups in total. The van der Waals surface area contributed by atoms with Crippen molar-refractivity contribution >= 4 is 12.0 Å². The van der Waals surface area contributed by atoms with Crippen molar-refractivity contribution in [3.63, 3.8) is 0 Å². The van der Waals surface area contributed by atoms with Gasteiger partial charge in [0, 0.05) is 37.1 Å². The second-order valence-corrected chi connectivity index (χ2v) is 7.84. The number of carbonyl (C=O) groups excluding carboxylic acids is 2. The number of pyridine rings is 1. The minimum absolute atomic E-state index is 0.0671. The lowest BCUT2D eigenvalue weighted by molar-refractivity contribution is -0.186. The maximum atomic E-state index is 12.7. The van der Waals surface area contributed by atoms with Gasteiger partial charge in [0.2, 0.25) is 5.43 Å². The molecule has 1 aromatic rings. The molecule has 0 aliphatic carbocycles. The number of rotatable bonds is 3. The quantitative estimate of drug-likeness (QED) is 0.783. The molecular weight excluding hydrogens is 395 g/mol. The summed E-state index contributed by atoms with van der Waals surface area (Å²) in [7, 11) is 0. The zero-order valence-electron chi connectivity index (χ0n) is 16.4. The molecule has 1 aliphatic rings. The molecule has 2 rings (SSSR count). The summed E-state index contributed by atoms with van der Waals surface area (Å²) >= 11 is 0. The lowest BCUT2D eigenvalue weighted by Crippen LogP contribution is -2.52. The highest BCUT2D eigenvalue weighted by molar-refractivity contribution is 5.82. The minimum Gasteiger partial charge on any atom is -0.503 e. The molecule has 1 fully saturated rings. The second kappa shape index (κ2) is 8.34. The number of aromatic nitrogens is 1. The Morgan fingerprint density at radius 2 is 1.86 bits per heavy atom. The monoisotopic (exact) mass is 419 g/mol. The lowest BCUT2D eigenvalue weighted by Gasteiger charge is -2.39. The Labute approximate surface area is 165 Å². The van der Waals surface area contributed by atoms with Crippen molar-refractivity contribution in [3.05, 3.63) is 28.2 Å². The van der Waals surface area contributed by atoms with Gasteiger partial charge in [-0.3, -0.25) is 14.5 Å². The first kappa shape index (κ1) is 22.6. The smallest absolute Gasteiger partial charge is 0.471 e. The molecule has 29 heavy (non-hydrogen) atoms. The zero-order chi connectivity index (χ0) is 22.0. The van der Waals surface area contributed by atoms with Gasteiger partial charge in [0.25, 0.3) is 0 Å². The number of nitrogens with one attached hydrogen (secondary N) is 1. The first-order valence-corrected chi connectivity index (χ1v) is 9.04. The van der Waals surface area contributed by atoms with Gasteiger partial charge in [-0.25, -0.2) is 4.79 Å². The molecule has 8 nitrogen and oxygen atoms in total. The van der Waals surface area contributed by atoms with Crippen molar-refractivity contribution < 1.29 is 32.6 Å². The molecule has 0 radical (unpaired) electrons. The van der Waals surface area contributed by atoms with Crippen LogP contribution in [0.2, 0.25) is 0 Å². The van der Waals surface area contributed by atoms with Gasteiger partial charge in [-0.2, -0.15) is 13.2 Å². The van der Waals surface area contributed by atoms with E-state index in [0.29, 0.717) is 10.6 Å². The van der Waals surface area contributed by atoms with E-state index in [1.54, 1.807) is 20.8 Å². The average Bonchev–Trinajstić information content (AvgIpc) is 2.60. The number of hydrogen-bond acceptors (Lipinski definition) is 5. The Morgan fingerprint density at radius 1 is 1.28 bits per heavy atom. The number of nitrogens with zero attached hydrogens (tertiary/aromatic N) is 2. The number of alkyl halides is 3. The molecule has 2 heterocycles. The number of amides is 2. The summed E-state index contributed by atoms with van der Waals surface area (Å²) < 4.78 is 43.3. The molecule has 2 amide bonds. The van der Waals surface area contributed by atoms with E-state index in [0.717, 1.165) is 12.3 Å². The molecule has 1 aliphatic heterocycles. The number of likely N-dealkylation sites (tertiary alicyclic amines) is 1. The topological polar surface area (TPSA) is 103 Å². The van der Waals surface area contributed by atoms with Crippen LogP contribution in [-0.2, 0) is 16.1 Å². The number of piperidine rings is 1. The van der Waals surface area contributed by atoms with Gasteiger partial charge in [-0.1, -0.05) is 0 Å². The fourth-order valence-corrected chi connectivity index (χ4v) is 3.00. The molecular formula is C18H24F3N3O5. The van der Waals surface area contributed by atoms with Gasteiger partial charge in [-0.15, -0.1) is 0 Å². The summed E-state index contributed by atoms with van der Waals surface area (Å²) in [5, 5.41) is 9.36. The minimum atomic E-state index is -4.94. The van der Waals surface area contributed by atoms with E-state index < -0.39 is 41.0 Å². The van der Waals surface area contributed by atoms with Crippen LogP contribution in [0.3, 0.4) is 0 Å². The number of aromatic amines is 1. The van der Waals surface area contributed by atoms with Gasteiger partial charge in [0.1, 0.15) is 5.60 Å². The average molecular weight is 419 g/mol. The highest BCUT2D eigenvalue weighted by Gasteiger charge is 2.44. The zero-order valence-corrected chi connectivity index (χ0v) is 16.4. The number of aromatic hydroxyl groups is 1. The molecule has 162 valence electrons. The predicted octanol–water partition coefficient (Wildman–Crippen LogP) is 2.37. The first-order valence-electron chi connectivity index (χ1n) is 9.04. The van der Waals surface area contributed by atoms with Crippen LogP contribution in [0.15, 0.2) is 17.1 Å². The Bertz CT molecular complexity index is 808. The number of hydrogen-bond donors (Lipinski definition) is 2. The first-order chi connectivity index (χ1) is 13.3. The van der Waals surface area contributed by atoms with E-state index in [-0.39, 0.29) is 32.5 Å². The molecule has 0 spiro atoms. The van der Waals surface area contributed by atoms with E-state index in [1.807, 2.05) is 0 Å². The Hall–Kier alpha value is -2.72. The summed E-state index contributed by atoms with van der Waals surface area (Å²) in [5.41, 5.74) is -1.11. The summed E-state index contributed by atoms with van der Waals surface area (Å²) in [6.07, 6.45) is -4.28. The highest BCUT2D eigenvalue weighted by atomic mass is 19.4. The third-order valence-electron chi connectivity index (χ3n) is 4.36. The van der Waals surface area contributed by atoms with Crippen molar-refractivity contribution in [1.82, 2.24) is 14.8 Å². The molecule has 0 saturated carbocycles. The van der Waals surface area contributed by atoms with Gasteiger partial charge >= 0.3 is 18.2 Å². The number of carbonyl (C=O) groups is 2. The van der Waals surface area contributed by atoms with Crippen LogP contribution in [0.4, 0.5) is 18.0 Å². The summed E-state index contributed by atoms with van der Waals surface area (Å²) in [5.74, 6) is -2.38. The van der Waals surface area contributed by atoms with Crippen molar-refractivity contribution in [1.29, 1.82) is 0 Å². The largest absolute Gasteiger partial charge is 0.503 e. The maximum absolute atomic E-state index is 12.7. The normalized spacial score (nSPS) is 15.9. The van der Waals surface area contributed by atoms with E-state index in [4.69, 9.17) is 4.74 Å². The third-order valence-corrected chi connectivity index (χ3v) is 4.36. The van der Waals surface area contributed by atoms with Crippen LogP contribution in [0.5, 0.6) is 5.75 Å². The highest BCUT2D eigenvalue weighted by Crippen LogP contribution is 2.25. The fourth-order valence-electron chi connectivity index (χ4n) is 3.00. The van der Waals surface area contributed by atoms with E-state index in [1.165, 1.54) is 4.90 Å². The van der Waals surface area contributed by atoms with E-state index in [9.17, 15) is 32.7 Å². The van der Waals surface area contributed by atoms with Gasteiger partial charge in [0.05, 0.1) is 6.54 Å². The lowest BCUT2D eigenvalue weighted by atomic mass is 10.0. The Morgan fingerprint density at radius 3 is 2.34 bits per heavy atom. The summed E-state index contributed by atoms with van der Waals surface area (Å²) in [4.78, 5) is 40.5. The standard InChI is InChI=1S/C18H24F3N3O5/c1-17(2,3)29-16(28)24(10-11-8-13(25)14(26)9-22-11)12-4-6-23(7-5-12)15(27)18(19,20)21/h8-9,12,26H,4-7,10H2,1-3H3,(H,22,25). The fraction of sp³-hybridized carbons (Fsp3) is 0.611. The van der Waals surface area contributed by atoms with Crippen LogP contribution >= 0.6 is 0 Å². The van der Waals surface area contributed by atoms with Gasteiger partial charge in [-0.05, 0) is 33.6 Å². The molecule has 11 heteroatoms. The van der Waals surface area contributed by atoms with Crippen molar-refractivity contribution in [3.8, 4) is 5.75 Å². The summed E-state index contributed by atoms with van der Waals surface area (Å²) in [6.45, 7) is 4.65. The Kier molecular flexibility index (Phi) is 6.49. The molecule has 1 aromatic heterocycles. The molecule has 0 atom stereocenters. The number of halogens is 3. The Balaban J connectivity index is 2.17. The number of ether oxygens (including phenoxy) is 1. The van der Waals surface area contributed by atoms with E-state index in [2.05, 4.69) is 4.98 Å². The van der Waals surface area contributed by atoms with Crippen molar-refractivity contribution in [2.24, 2.45) is 0 Å². The van der Waals surface area contributed by atoms with Crippen LogP contribution in [0.1, 0.15) is 39.3 Å². The predicted molar refractivity (Wildman–Crippen MR) is 96.2 cm³/mol. The SMILES string of the molecule is CC(C)(C)OC(=O)N(Cc1cc(=O)c(O)c[nH]1)C1CCN(C(=O)C(F)(F)F)CC1. The number of H-pyrrole nitrogens is 1. The molecule has 0 unspecified atom stereocenters. The molecule has 0 bridgehead atoms. The van der Waals surface area contributed by atoms with Crippen molar-refractivity contribution in [2.75, 3.05) is 13.1 Å². The van der Waals surface area contributed by atoms with Crippen LogP contribution in [0.25, 0.3) is 0 Å². The van der Waals surface area contributed by atoms with Gasteiger partial charge < -0.3 is 19.7 Å². The molecule has 0 aromatic carbocycles.